The van der Waals surface area contributed by atoms with Crippen LogP contribution in [0.3, 0.4) is 0 Å². The summed E-state index contributed by atoms with van der Waals surface area (Å²) in [6.45, 7) is 0. The molecule has 266 valence electrons. The van der Waals surface area contributed by atoms with Gasteiger partial charge in [0, 0.05) is 49.0 Å². The average Bonchev–Trinajstić information content (AvgIpc) is 3.97. The molecule has 0 aliphatic rings. The molecular formula is C51H29N3O3. The molecule has 0 bridgehead atoms. The molecule has 4 aromatic heterocycles. The van der Waals surface area contributed by atoms with Gasteiger partial charge in [0.05, 0.1) is 0 Å². The van der Waals surface area contributed by atoms with Crippen LogP contribution in [-0.4, -0.2) is 15.0 Å². The predicted molar refractivity (Wildman–Crippen MR) is 229 cm³/mol. The van der Waals surface area contributed by atoms with Crippen molar-refractivity contribution in [3.8, 4) is 56.4 Å². The fourth-order valence-electron chi connectivity index (χ4n) is 8.27. The maximum atomic E-state index is 6.57. The second-order valence-corrected chi connectivity index (χ2v) is 14.3. The van der Waals surface area contributed by atoms with Gasteiger partial charge in [-0.25, -0.2) is 15.0 Å². The zero-order valence-corrected chi connectivity index (χ0v) is 30.3. The second-order valence-electron chi connectivity index (χ2n) is 14.3. The van der Waals surface area contributed by atoms with Gasteiger partial charge in [-0.2, -0.15) is 0 Å². The Labute approximate surface area is 325 Å². The predicted octanol–water partition coefficient (Wildman–Crippen LogP) is 13.9. The number of benzene rings is 8. The number of hydrogen-bond donors (Lipinski definition) is 0. The molecule has 0 aliphatic carbocycles. The standard InChI is InChI=1S/C51H29N3O3/c1-3-12-30(13-4-1)49-52-50(31-14-5-2-6-15-31)54-51(53-49)33-22-24-35-39-26-32(23-25-43(39)56-45(35)28-33)34-27-40(48-38-17-8-10-20-42(38)57-46(48)29-34)36-18-11-21-44-47(36)37-16-7-9-19-41(37)55-44/h1-29H. The van der Waals surface area contributed by atoms with Crippen LogP contribution in [0.15, 0.2) is 189 Å². The Morgan fingerprint density at radius 3 is 1.49 bits per heavy atom. The first-order chi connectivity index (χ1) is 28.2. The van der Waals surface area contributed by atoms with Gasteiger partial charge in [-0.1, -0.05) is 121 Å². The van der Waals surface area contributed by atoms with Gasteiger partial charge in [0.1, 0.15) is 33.5 Å². The number of furan rings is 3. The lowest BCUT2D eigenvalue weighted by Gasteiger charge is -2.10. The van der Waals surface area contributed by atoms with Crippen LogP contribution in [0.25, 0.3) is 122 Å². The normalized spacial score (nSPS) is 11.9. The van der Waals surface area contributed by atoms with Crippen molar-refractivity contribution in [3.05, 3.63) is 176 Å². The summed E-state index contributed by atoms with van der Waals surface area (Å²) in [5.74, 6) is 1.82. The highest BCUT2D eigenvalue weighted by atomic mass is 16.3. The lowest BCUT2D eigenvalue weighted by molar-refractivity contribution is 0.668. The van der Waals surface area contributed by atoms with Crippen LogP contribution in [-0.2, 0) is 0 Å². The molecule has 0 saturated heterocycles. The molecule has 6 heteroatoms. The van der Waals surface area contributed by atoms with E-state index in [0.717, 1.165) is 105 Å². The molecule has 8 aromatic carbocycles. The lowest BCUT2D eigenvalue weighted by atomic mass is 9.91. The van der Waals surface area contributed by atoms with Gasteiger partial charge in [-0.05, 0) is 76.9 Å². The summed E-state index contributed by atoms with van der Waals surface area (Å²) >= 11 is 0. The van der Waals surface area contributed by atoms with E-state index >= 15 is 0 Å². The van der Waals surface area contributed by atoms with Crippen LogP contribution < -0.4 is 0 Å². The first-order valence-corrected chi connectivity index (χ1v) is 18.9. The summed E-state index contributed by atoms with van der Waals surface area (Å²) in [5.41, 5.74) is 12.0. The third-order valence-corrected chi connectivity index (χ3v) is 10.9. The molecule has 0 radical (unpaired) electrons. The molecule has 0 amide bonds. The van der Waals surface area contributed by atoms with E-state index in [0.29, 0.717) is 17.5 Å². The quantitative estimate of drug-likeness (QED) is 0.175. The van der Waals surface area contributed by atoms with E-state index in [-0.39, 0.29) is 0 Å². The molecule has 0 saturated carbocycles. The molecule has 0 N–H and O–H groups in total. The first-order valence-electron chi connectivity index (χ1n) is 18.9. The largest absolute Gasteiger partial charge is 0.456 e. The molecule has 4 heterocycles. The van der Waals surface area contributed by atoms with Crippen molar-refractivity contribution >= 4 is 65.8 Å². The summed E-state index contributed by atoms with van der Waals surface area (Å²) in [6, 6.07) is 59.9. The number of para-hydroxylation sites is 2. The fraction of sp³-hybridized carbons (Fsp3) is 0. The lowest BCUT2D eigenvalue weighted by Crippen LogP contribution is -2.00. The summed E-state index contributed by atoms with van der Waals surface area (Å²) in [4.78, 5) is 14.7. The van der Waals surface area contributed by atoms with Crippen molar-refractivity contribution in [1.29, 1.82) is 0 Å². The number of hydrogen-bond acceptors (Lipinski definition) is 6. The summed E-state index contributed by atoms with van der Waals surface area (Å²) in [7, 11) is 0. The minimum absolute atomic E-state index is 0.581. The average molecular weight is 732 g/mol. The Hall–Kier alpha value is -7.83. The van der Waals surface area contributed by atoms with Crippen molar-refractivity contribution in [2.75, 3.05) is 0 Å². The summed E-state index contributed by atoms with van der Waals surface area (Å²) in [5, 5.41) is 6.37. The van der Waals surface area contributed by atoms with Gasteiger partial charge in [-0.15, -0.1) is 0 Å². The number of fused-ring (bicyclic) bond motifs is 9. The van der Waals surface area contributed by atoms with Crippen molar-refractivity contribution in [3.63, 3.8) is 0 Å². The van der Waals surface area contributed by atoms with Crippen LogP contribution in [0.2, 0.25) is 0 Å². The Morgan fingerprint density at radius 2 is 0.789 bits per heavy atom. The Morgan fingerprint density at radius 1 is 0.263 bits per heavy atom. The summed E-state index contributed by atoms with van der Waals surface area (Å²) in [6.07, 6.45) is 0. The highest BCUT2D eigenvalue weighted by molar-refractivity contribution is 6.20. The topological polar surface area (TPSA) is 78.1 Å². The second kappa shape index (κ2) is 12.3. The molecule has 57 heavy (non-hydrogen) atoms. The van der Waals surface area contributed by atoms with Crippen LogP contribution in [0, 0.1) is 0 Å². The minimum Gasteiger partial charge on any atom is -0.456 e. The van der Waals surface area contributed by atoms with E-state index < -0.39 is 0 Å². The highest BCUT2D eigenvalue weighted by Crippen LogP contribution is 2.45. The first kappa shape index (κ1) is 31.5. The smallest absolute Gasteiger partial charge is 0.164 e. The molecule has 6 nitrogen and oxygen atoms in total. The molecule has 12 aromatic rings. The number of rotatable bonds is 5. The van der Waals surface area contributed by atoms with E-state index in [9.17, 15) is 0 Å². The van der Waals surface area contributed by atoms with Crippen molar-refractivity contribution < 1.29 is 13.3 Å². The molecule has 0 atom stereocenters. The third-order valence-electron chi connectivity index (χ3n) is 10.9. The minimum atomic E-state index is 0.581. The maximum Gasteiger partial charge on any atom is 0.164 e. The molecule has 12 rings (SSSR count). The molecule has 0 aliphatic heterocycles. The Kier molecular flexibility index (Phi) is 6.83. The van der Waals surface area contributed by atoms with Gasteiger partial charge < -0.3 is 13.3 Å². The van der Waals surface area contributed by atoms with E-state index in [1.807, 2.05) is 97.1 Å². The third kappa shape index (κ3) is 5.08. The van der Waals surface area contributed by atoms with Crippen molar-refractivity contribution in [1.82, 2.24) is 15.0 Å². The SMILES string of the molecule is c1ccc(-c2nc(-c3ccccc3)nc(-c3ccc4c(c3)oc3ccc(-c5cc(-c6cccc7oc8ccccc8c67)c6c(c5)oc5ccccc56)cc34)n2)cc1. The molecular weight excluding hydrogens is 703 g/mol. The van der Waals surface area contributed by atoms with Crippen LogP contribution in [0.1, 0.15) is 0 Å². The van der Waals surface area contributed by atoms with Gasteiger partial charge in [0.15, 0.2) is 17.5 Å². The fourth-order valence-corrected chi connectivity index (χ4v) is 8.27. The van der Waals surface area contributed by atoms with Gasteiger partial charge in [0.2, 0.25) is 0 Å². The van der Waals surface area contributed by atoms with Crippen LogP contribution in [0.4, 0.5) is 0 Å². The van der Waals surface area contributed by atoms with Crippen molar-refractivity contribution in [2.24, 2.45) is 0 Å². The van der Waals surface area contributed by atoms with Gasteiger partial charge >= 0.3 is 0 Å². The maximum absolute atomic E-state index is 6.57. The monoisotopic (exact) mass is 731 g/mol. The van der Waals surface area contributed by atoms with Crippen molar-refractivity contribution in [2.45, 2.75) is 0 Å². The Bertz CT molecular complexity index is 3470. The van der Waals surface area contributed by atoms with Crippen LogP contribution >= 0.6 is 0 Å². The highest BCUT2D eigenvalue weighted by Gasteiger charge is 2.20. The van der Waals surface area contributed by atoms with Gasteiger partial charge in [-0.3, -0.25) is 0 Å². The number of nitrogens with zero attached hydrogens (tertiary/aromatic N) is 3. The Balaban J connectivity index is 1.02. The zero-order valence-electron chi connectivity index (χ0n) is 30.3. The zero-order chi connectivity index (χ0) is 37.5. The van der Waals surface area contributed by atoms with E-state index in [1.54, 1.807) is 0 Å². The van der Waals surface area contributed by atoms with E-state index in [4.69, 9.17) is 28.2 Å². The molecule has 0 spiro atoms. The van der Waals surface area contributed by atoms with E-state index in [2.05, 4.69) is 78.9 Å². The summed E-state index contributed by atoms with van der Waals surface area (Å²) < 4.78 is 19.4. The van der Waals surface area contributed by atoms with Gasteiger partial charge in [0.25, 0.3) is 0 Å². The van der Waals surface area contributed by atoms with Crippen LogP contribution in [0.5, 0.6) is 0 Å². The number of aromatic nitrogens is 3. The molecule has 0 fully saturated rings. The molecule has 0 unspecified atom stereocenters. The van der Waals surface area contributed by atoms with E-state index in [1.165, 1.54) is 0 Å².